The van der Waals surface area contributed by atoms with Gasteiger partial charge >= 0.3 is 0 Å². The molecule has 1 aromatic rings. The summed E-state index contributed by atoms with van der Waals surface area (Å²) in [4.78, 5) is 0. The molecule has 1 fully saturated rings. The molecule has 4 heteroatoms. The van der Waals surface area contributed by atoms with Crippen molar-refractivity contribution in [3.63, 3.8) is 0 Å². The molecule has 0 bridgehead atoms. The first-order valence-electron chi connectivity index (χ1n) is 5.82. The van der Waals surface area contributed by atoms with E-state index in [0.29, 0.717) is 18.0 Å². The first-order valence-corrected chi connectivity index (χ1v) is 7.32. The Balaban J connectivity index is 1.97. The van der Waals surface area contributed by atoms with Crippen LogP contribution in [0, 0.1) is 0 Å². The minimum atomic E-state index is 0.215. The second kappa shape index (κ2) is 6.07. The number of benzene rings is 1. The van der Waals surface area contributed by atoms with Gasteiger partial charge in [0.25, 0.3) is 0 Å². The quantitative estimate of drug-likeness (QED) is 0.775. The Bertz CT molecular complexity index is 384. The van der Waals surface area contributed by atoms with Gasteiger partial charge in [0.2, 0.25) is 0 Å². The van der Waals surface area contributed by atoms with Gasteiger partial charge in [-0.05, 0) is 31.9 Å². The van der Waals surface area contributed by atoms with E-state index in [2.05, 4.69) is 22.9 Å². The van der Waals surface area contributed by atoms with Gasteiger partial charge in [-0.1, -0.05) is 33.6 Å². The maximum absolute atomic E-state index is 6.11. The van der Waals surface area contributed by atoms with Crippen LogP contribution in [0.4, 0.5) is 0 Å². The Labute approximate surface area is 115 Å². The standard InChI is InChI=1S/C13H16BrClO2/c1-9-5-6-10(17-9)8-16-13-4-2-3-12(15)11(13)7-14/h2-4,9-10H,5-8H2,1H3. The van der Waals surface area contributed by atoms with E-state index in [1.807, 2.05) is 18.2 Å². The molecule has 0 N–H and O–H groups in total. The van der Waals surface area contributed by atoms with E-state index in [0.717, 1.165) is 29.2 Å². The highest BCUT2D eigenvalue weighted by Crippen LogP contribution is 2.29. The predicted octanol–water partition coefficient (Wildman–Crippen LogP) is 4.18. The Kier molecular flexibility index (Phi) is 4.71. The molecule has 1 aromatic carbocycles. The van der Waals surface area contributed by atoms with Crippen molar-refractivity contribution in [2.45, 2.75) is 37.3 Å². The molecular formula is C13H16BrClO2. The van der Waals surface area contributed by atoms with E-state index in [1.165, 1.54) is 0 Å². The van der Waals surface area contributed by atoms with Crippen LogP contribution in [0.15, 0.2) is 18.2 Å². The number of halogens is 2. The van der Waals surface area contributed by atoms with Gasteiger partial charge in [-0.25, -0.2) is 0 Å². The Morgan fingerprint density at radius 3 is 2.94 bits per heavy atom. The maximum atomic E-state index is 6.11. The van der Waals surface area contributed by atoms with Gasteiger partial charge in [-0.2, -0.15) is 0 Å². The minimum absolute atomic E-state index is 0.215. The Hall–Kier alpha value is -0.250. The van der Waals surface area contributed by atoms with E-state index in [4.69, 9.17) is 21.1 Å². The molecule has 1 aliphatic heterocycles. The molecule has 17 heavy (non-hydrogen) atoms. The summed E-state index contributed by atoms with van der Waals surface area (Å²) in [5.41, 5.74) is 1.00. The van der Waals surface area contributed by atoms with Crippen LogP contribution in [0.3, 0.4) is 0 Å². The molecule has 0 aromatic heterocycles. The summed E-state index contributed by atoms with van der Waals surface area (Å²) in [6.45, 7) is 2.70. The third-order valence-electron chi connectivity index (χ3n) is 2.95. The van der Waals surface area contributed by atoms with E-state index in [-0.39, 0.29) is 6.10 Å². The summed E-state index contributed by atoms with van der Waals surface area (Å²) in [6, 6.07) is 5.72. The van der Waals surface area contributed by atoms with Gasteiger partial charge in [0.05, 0.1) is 12.2 Å². The fourth-order valence-corrected chi connectivity index (χ4v) is 2.97. The molecule has 2 unspecified atom stereocenters. The van der Waals surface area contributed by atoms with Crippen molar-refractivity contribution < 1.29 is 9.47 Å². The fraction of sp³-hybridized carbons (Fsp3) is 0.538. The summed E-state index contributed by atoms with van der Waals surface area (Å²) < 4.78 is 11.5. The molecule has 2 rings (SSSR count). The average molecular weight is 320 g/mol. The van der Waals surface area contributed by atoms with E-state index in [9.17, 15) is 0 Å². The van der Waals surface area contributed by atoms with Crippen molar-refractivity contribution in [3.8, 4) is 5.75 Å². The molecule has 2 nitrogen and oxygen atoms in total. The summed E-state index contributed by atoms with van der Waals surface area (Å²) >= 11 is 9.53. The monoisotopic (exact) mass is 318 g/mol. The third kappa shape index (κ3) is 3.36. The third-order valence-corrected chi connectivity index (χ3v) is 3.87. The molecular weight excluding hydrogens is 303 g/mol. The van der Waals surface area contributed by atoms with Crippen molar-refractivity contribution in [2.24, 2.45) is 0 Å². The molecule has 0 spiro atoms. The van der Waals surface area contributed by atoms with Gasteiger partial charge in [-0.3, -0.25) is 0 Å². The van der Waals surface area contributed by atoms with E-state index >= 15 is 0 Å². The first kappa shape index (κ1) is 13.2. The summed E-state index contributed by atoms with van der Waals surface area (Å²) in [6.07, 6.45) is 2.77. The van der Waals surface area contributed by atoms with Gasteiger partial charge in [-0.15, -0.1) is 0 Å². The van der Waals surface area contributed by atoms with Crippen LogP contribution in [0.2, 0.25) is 5.02 Å². The highest BCUT2D eigenvalue weighted by molar-refractivity contribution is 9.08. The maximum Gasteiger partial charge on any atom is 0.124 e. The summed E-state index contributed by atoms with van der Waals surface area (Å²) in [5.74, 6) is 0.845. The molecule has 0 amide bonds. The van der Waals surface area contributed by atoms with E-state index < -0.39 is 0 Å². The molecule has 1 aliphatic rings. The number of rotatable bonds is 4. The van der Waals surface area contributed by atoms with Crippen molar-refractivity contribution in [1.29, 1.82) is 0 Å². The lowest BCUT2D eigenvalue weighted by molar-refractivity contribution is 0.0263. The highest BCUT2D eigenvalue weighted by Gasteiger charge is 2.22. The van der Waals surface area contributed by atoms with Crippen LogP contribution in [0.25, 0.3) is 0 Å². The predicted molar refractivity (Wildman–Crippen MR) is 73.1 cm³/mol. The zero-order valence-electron chi connectivity index (χ0n) is 9.79. The largest absolute Gasteiger partial charge is 0.491 e. The first-order chi connectivity index (χ1) is 8.20. The molecule has 0 aliphatic carbocycles. The van der Waals surface area contributed by atoms with Crippen LogP contribution in [0.5, 0.6) is 5.75 Å². The lowest BCUT2D eigenvalue weighted by Gasteiger charge is -2.15. The van der Waals surface area contributed by atoms with Crippen molar-refractivity contribution in [3.05, 3.63) is 28.8 Å². The van der Waals surface area contributed by atoms with Crippen molar-refractivity contribution >= 4 is 27.5 Å². The highest BCUT2D eigenvalue weighted by atomic mass is 79.9. The van der Waals surface area contributed by atoms with Crippen molar-refractivity contribution in [2.75, 3.05) is 6.61 Å². The zero-order chi connectivity index (χ0) is 12.3. The summed E-state index contributed by atoms with van der Waals surface area (Å²) in [7, 11) is 0. The van der Waals surface area contributed by atoms with Gasteiger partial charge in [0, 0.05) is 15.9 Å². The topological polar surface area (TPSA) is 18.5 Å². The molecule has 0 radical (unpaired) electrons. The molecule has 94 valence electrons. The van der Waals surface area contributed by atoms with Gasteiger partial charge < -0.3 is 9.47 Å². The lowest BCUT2D eigenvalue weighted by Crippen LogP contribution is -2.18. The van der Waals surface area contributed by atoms with Crippen LogP contribution >= 0.6 is 27.5 Å². The van der Waals surface area contributed by atoms with Crippen LogP contribution in [-0.2, 0) is 10.1 Å². The average Bonchev–Trinajstić information content (AvgIpc) is 2.72. The molecule has 1 heterocycles. The fourth-order valence-electron chi connectivity index (χ4n) is 1.99. The summed E-state index contributed by atoms with van der Waals surface area (Å²) in [5, 5.41) is 1.43. The SMILES string of the molecule is CC1CCC(COc2cccc(Cl)c2CBr)O1. The smallest absolute Gasteiger partial charge is 0.124 e. The normalized spacial score (nSPS) is 23.9. The Morgan fingerprint density at radius 2 is 2.29 bits per heavy atom. The lowest BCUT2D eigenvalue weighted by atomic mass is 10.2. The number of hydrogen-bond acceptors (Lipinski definition) is 2. The zero-order valence-corrected chi connectivity index (χ0v) is 12.1. The second-order valence-corrected chi connectivity index (χ2v) is 5.28. The molecule has 1 saturated heterocycles. The second-order valence-electron chi connectivity index (χ2n) is 4.31. The number of ether oxygens (including phenoxy) is 2. The van der Waals surface area contributed by atoms with E-state index in [1.54, 1.807) is 0 Å². The molecule has 0 saturated carbocycles. The number of hydrogen-bond donors (Lipinski definition) is 0. The van der Waals surface area contributed by atoms with Crippen molar-refractivity contribution in [1.82, 2.24) is 0 Å². The van der Waals surface area contributed by atoms with Gasteiger partial charge in [0.15, 0.2) is 0 Å². The molecule has 2 atom stereocenters. The van der Waals surface area contributed by atoms with Crippen LogP contribution in [0.1, 0.15) is 25.3 Å². The van der Waals surface area contributed by atoms with Crippen LogP contribution in [-0.4, -0.2) is 18.8 Å². The number of alkyl halides is 1. The van der Waals surface area contributed by atoms with Gasteiger partial charge in [0.1, 0.15) is 12.4 Å². The minimum Gasteiger partial charge on any atom is -0.491 e. The van der Waals surface area contributed by atoms with Crippen LogP contribution < -0.4 is 4.74 Å². The Morgan fingerprint density at radius 1 is 1.47 bits per heavy atom.